The molecule has 1 rings (SSSR count). The Morgan fingerprint density at radius 3 is 2.75 bits per heavy atom. The molecule has 1 heterocycles. The molecule has 1 aromatic rings. The molecular weight excluding hydrogens is 217 g/mol. The van der Waals surface area contributed by atoms with Crippen LogP contribution in [-0.2, 0) is 0 Å². The van der Waals surface area contributed by atoms with Crippen molar-refractivity contribution >= 4 is 0 Å². The molecule has 0 aliphatic rings. The Morgan fingerprint density at radius 1 is 1.75 bits per heavy atom. The van der Waals surface area contributed by atoms with E-state index in [9.17, 15) is 0 Å². The molecule has 8 heavy (non-hydrogen) atoms. The molecule has 4 heteroatoms. The second-order valence-corrected chi connectivity index (χ2v) is 3.30. The number of hydrogen-bond acceptors (Lipinski definition) is 2. The van der Waals surface area contributed by atoms with E-state index in [0.29, 0.717) is 0 Å². The van der Waals surface area contributed by atoms with E-state index in [1.807, 2.05) is 9.82 Å². The van der Waals surface area contributed by atoms with Gasteiger partial charge in [0.2, 0.25) is 0 Å². The molecule has 0 aliphatic heterocycles. The summed E-state index contributed by atoms with van der Waals surface area (Å²) in [5.74, 6) is 0.867. The van der Waals surface area contributed by atoms with E-state index in [-0.39, 0.29) is 21.5 Å². The molecule has 0 saturated carbocycles. The molecule has 0 radical (unpaired) electrons. The summed E-state index contributed by atoms with van der Waals surface area (Å²) in [5.41, 5.74) is 0. The minimum atomic E-state index is 0.0732. The first-order chi connectivity index (χ1) is 3.83. The molecule has 0 spiro atoms. The molecule has 0 aliphatic carbocycles. The van der Waals surface area contributed by atoms with Gasteiger partial charge in [0, 0.05) is 0 Å². The van der Waals surface area contributed by atoms with Gasteiger partial charge in [-0.05, 0) is 0 Å². The Hall–Kier alpha value is -0.130. The maximum atomic E-state index is 4.08. The van der Waals surface area contributed by atoms with Crippen LogP contribution in [0.5, 0.6) is 0 Å². The van der Waals surface area contributed by atoms with Crippen molar-refractivity contribution in [3.05, 3.63) is 12.2 Å². The number of rotatable bonds is 1. The van der Waals surface area contributed by atoms with E-state index in [2.05, 4.69) is 15.0 Å². The molecule has 0 unspecified atom stereocenters. The van der Waals surface area contributed by atoms with Crippen LogP contribution in [0.1, 0.15) is 5.82 Å². The van der Waals surface area contributed by atoms with Gasteiger partial charge in [0.05, 0.1) is 0 Å². The van der Waals surface area contributed by atoms with Gasteiger partial charge in [0.25, 0.3) is 0 Å². The number of aromatic nitrogens is 3. The Labute approximate surface area is 58.7 Å². The van der Waals surface area contributed by atoms with Gasteiger partial charge in [0.15, 0.2) is 0 Å². The third-order valence-electron chi connectivity index (χ3n) is 0.753. The second kappa shape index (κ2) is 2.43. The summed E-state index contributed by atoms with van der Waals surface area (Å²) in [6.07, 6.45) is 1.78. The second-order valence-electron chi connectivity index (χ2n) is 1.35. The Bertz CT molecular complexity index is 172. The number of alkyl halides is 1. The number of nitrogens with zero attached hydrogens (tertiary/aromatic N) is 3. The van der Waals surface area contributed by atoms with Crippen LogP contribution < -0.4 is 21.5 Å². The van der Waals surface area contributed by atoms with Gasteiger partial charge in [0.1, 0.15) is 0 Å². The van der Waals surface area contributed by atoms with Gasteiger partial charge in [-0.2, -0.15) is 0 Å². The van der Waals surface area contributed by atoms with Crippen LogP contribution in [0.2, 0.25) is 0 Å². The predicted molar refractivity (Wildman–Crippen MR) is 26.1 cm³/mol. The molecule has 0 amide bonds. The normalized spacial score (nSPS) is 10.2. The van der Waals surface area contributed by atoms with Crippen molar-refractivity contribution < 1.29 is 21.5 Å². The zero-order valence-corrected chi connectivity index (χ0v) is 6.95. The summed E-state index contributed by atoms with van der Waals surface area (Å²) < 4.78 is 1.91. The van der Waals surface area contributed by atoms with Crippen molar-refractivity contribution in [2.75, 3.05) is 4.93 Å². The Kier molecular flexibility index (Phi) is 1.82. The van der Waals surface area contributed by atoms with Crippen LogP contribution in [0.4, 0.5) is 0 Å². The van der Waals surface area contributed by atoms with E-state index in [0.717, 1.165) is 5.82 Å². The zero-order valence-electron chi connectivity index (χ0n) is 4.80. The molecule has 1 aromatic heterocycles. The van der Waals surface area contributed by atoms with Crippen molar-refractivity contribution in [2.45, 2.75) is 6.92 Å². The van der Waals surface area contributed by atoms with Crippen molar-refractivity contribution in [1.82, 2.24) is 13.0 Å². The van der Waals surface area contributed by atoms with Crippen LogP contribution in [0, 0.1) is 6.92 Å². The van der Waals surface area contributed by atoms with E-state index >= 15 is 0 Å². The summed E-state index contributed by atoms with van der Waals surface area (Å²) in [5, 5.41) is 4.08. The van der Waals surface area contributed by atoms with Crippen LogP contribution >= 0.6 is 0 Å². The van der Waals surface area contributed by atoms with Gasteiger partial charge in [-0.15, -0.1) is 0 Å². The maximum absolute atomic E-state index is 4.08. The Morgan fingerprint density at radius 2 is 2.50 bits per heavy atom. The van der Waals surface area contributed by atoms with Crippen molar-refractivity contribution in [1.29, 1.82) is 0 Å². The summed E-state index contributed by atoms with van der Waals surface area (Å²) >= 11 is 0.0732. The minimum absolute atomic E-state index is 0.0732. The van der Waals surface area contributed by atoms with Crippen LogP contribution in [0.25, 0.3) is 0 Å². The quantitative estimate of drug-likeness (QED) is 0.377. The van der Waals surface area contributed by atoms with Crippen LogP contribution in [-0.4, -0.2) is 17.9 Å². The third kappa shape index (κ3) is 1.18. The number of halogens is 1. The van der Waals surface area contributed by atoms with Gasteiger partial charge in [-0.1, -0.05) is 0 Å². The average molecular weight is 224 g/mol. The summed E-state index contributed by atoms with van der Waals surface area (Å²) in [7, 11) is 0. The predicted octanol–water partition coefficient (Wildman–Crippen LogP) is -2.93. The van der Waals surface area contributed by atoms with Gasteiger partial charge >= 0.3 is 58.5 Å². The molecular formula is C4H7IN3-. The monoisotopic (exact) mass is 224 g/mol. The van der Waals surface area contributed by atoms with Crippen molar-refractivity contribution in [2.24, 2.45) is 0 Å². The van der Waals surface area contributed by atoms with Gasteiger partial charge in [-0.3, -0.25) is 0 Å². The van der Waals surface area contributed by atoms with Crippen molar-refractivity contribution in [3.8, 4) is 0 Å². The van der Waals surface area contributed by atoms with Gasteiger partial charge < -0.3 is 0 Å². The molecule has 0 aromatic carbocycles. The first kappa shape index (κ1) is 6.00. The molecule has 3 nitrogen and oxygen atoms in total. The van der Waals surface area contributed by atoms with Gasteiger partial charge in [-0.25, -0.2) is 0 Å². The number of hydrogen-bond donors (Lipinski definition) is 0. The fraction of sp³-hybridized carbons (Fsp3) is 0.500. The summed E-state index contributed by atoms with van der Waals surface area (Å²) in [6, 6.07) is 0. The molecule has 0 N–H and O–H groups in total. The first-order valence-electron chi connectivity index (χ1n) is 2.21. The van der Waals surface area contributed by atoms with E-state index in [1.165, 1.54) is 0 Å². The molecule has 0 bridgehead atoms. The summed E-state index contributed by atoms with van der Waals surface area (Å²) in [6.45, 7) is 1.90. The fourth-order valence-corrected chi connectivity index (χ4v) is 1.30. The van der Waals surface area contributed by atoms with Crippen LogP contribution in [0.3, 0.4) is 0 Å². The fourth-order valence-electron chi connectivity index (χ4n) is 0.403. The third-order valence-corrected chi connectivity index (χ3v) is 2.21. The molecule has 0 saturated heterocycles. The average Bonchev–Trinajstić information content (AvgIpc) is 2.14. The zero-order chi connectivity index (χ0) is 5.98. The molecule has 46 valence electrons. The van der Waals surface area contributed by atoms with Crippen molar-refractivity contribution in [3.63, 3.8) is 0 Å². The molecule has 0 fully saturated rings. The number of aryl methyl sites for hydroxylation is 1. The Balaban J connectivity index is 2.84. The van der Waals surface area contributed by atoms with E-state index < -0.39 is 0 Å². The van der Waals surface area contributed by atoms with E-state index in [4.69, 9.17) is 0 Å². The van der Waals surface area contributed by atoms with Crippen LogP contribution in [0.15, 0.2) is 6.33 Å². The first-order valence-corrected chi connectivity index (χ1v) is 5.33. The topological polar surface area (TPSA) is 30.7 Å². The SMILES string of the molecule is C[I-]n1cnc(C)n1. The van der Waals surface area contributed by atoms with E-state index in [1.54, 1.807) is 6.33 Å². The summed E-state index contributed by atoms with van der Waals surface area (Å²) in [4.78, 5) is 6.11. The standard InChI is InChI=1S/C4H7IN3/c1-4-6-3-8(5-2)7-4/h3H,1-2H3/q-1. The molecule has 0 atom stereocenters.